The smallest absolute Gasteiger partial charge is 0.261 e. The fourth-order valence-electron chi connectivity index (χ4n) is 1.79. The summed E-state index contributed by atoms with van der Waals surface area (Å²) in [5, 5.41) is 2.81. The number of para-hydroxylation sites is 1. The zero-order valence-electron chi connectivity index (χ0n) is 10.9. The highest BCUT2D eigenvalue weighted by Crippen LogP contribution is 2.23. The zero-order valence-corrected chi connectivity index (χ0v) is 10.9. The highest BCUT2D eigenvalue weighted by atomic mass is 16.1. The second-order valence-electron chi connectivity index (χ2n) is 4.30. The Hall–Kier alpha value is -2.56. The molecule has 3 N–H and O–H groups in total. The summed E-state index contributed by atoms with van der Waals surface area (Å²) in [6, 6.07) is 11.0. The van der Waals surface area contributed by atoms with Crippen LogP contribution in [0.5, 0.6) is 0 Å². The van der Waals surface area contributed by atoms with Gasteiger partial charge >= 0.3 is 0 Å². The van der Waals surface area contributed by atoms with Gasteiger partial charge in [0.25, 0.3) is 5.91 Å². The molecule has 0 saturated heterocycles. The summed E-state index contributed by atoms with van der Waals surface area (Å²) in [5.74, 6) is -0.0415. The van der Waals surface area contributed by atoms with Crippen molar-refractivity contribution in [1.29, 1.82) is 0 Å². The van der Waals surface area contributed by atoms with Crippen molar-refractivity contribution in [2.75, 3.05) is 30.0 Å². The Kier molecular flexibility index (Phi) is 3.66. The number of nitrogens with two attached hydrogens (primary N) is 1. The number of amides is 1. The molecule has 0 atom stereocenters. The number of nitrogen functional groups attached to an aromatic ring is 1. The number of hydrogen-bond donors (Lipinski definition) is 2. The second kappa shape index (κ2) is 5.39. The fourth-order valence-corrected chi connectivity index (χ4v) is 1.79. The van der Waals surface area contributed by atoms with E-state index in [0.717, 1.165) is 11.4 Å². The maximum atomic E-state index is 12.3. The molecule has 0 aliphatic carbocycles. The summed E-state index contributed by atoms with van der Waals surface area (Å²) < 4.78 is 0. The molecule has 0 unspecified atom stereocenters. The molecule has 19 heavy (non-hydrogen) atoms. The Morgan fingerprint density at radius 1 is 1.21 bits per heavy atom. The maximum Gasteiger partial charge on any atom is 0.261 e. The summed E-state index contributed by atoms with van der Waals surface area (Å²) in [4.78, 5) is 18.1. The minimum Gasteiger partial charge on any atom is -0.383 e. The third-order valence-electron chi connectivity index (χ3n) is 2.70. The van der Waals surface area contributed by atoms with Crippen molar-refractivity contribution < 1.29 is 4.79 Å². The number of benzene rings is 1. The van der Waals surface area contributed by atoms with Crippen LogP contribution in [0.3, 0.4) is 0 Å². The molecule has 1 amide bonds. The number of carbonyl (C=O) groups excluding carboxylic acids is 1. The quantitative estimate of drug-likeness (QED) is 0.881. The van der Waals surface area contributed by atoms with Crippen LogP contribution in [0.1, 0.15) is 10.4 Å². The minimum atomic E-state index is -0.263. The van der Waals surface area contributed by atoms with Crippen LogP contribution >= 0.6 is 0 Å². The average Bonchev–Trinajstić information content (AvgIpc) is 2.39. The van der Waals surface area contributed by atoms with E-state index in [-0.39, 0.29) is 11.7 Å². The first-order valence-corrected chi connectivity index (χ1v) is 5.88. The highest BCUT2D eigenvalue weighted by molar-refractivity contribution is 6.11. The Balaban J connectivity index is 2.34. The lowest BCUT2D eigenvalue weighted by Gasteiger charge is -2.17. The standard InChI is InChI=1S/C14H16N4O/c1-18(2)11-8-9-16-13(15)12(11)14(19)17-10-6-4-3-5-7-10/h3-9H,1-2H3,(H2,15,16)(H,17,19). The Morgan fingerprint density at radius 2 is 1.89 bits per heavy atom. The molecular formula is C14H16N4O. The van der Waals surface area contributed by atoms with Gasteiger partial charge in [0, 0.05) is 26.0 Å². The first-order chi connectivity index (χ1) is 9.09. The van der Waals surface area contributed by atoms with E-state index >= 15 is 0 Å². The van der Waals surface area contributed by atoms with Crippen molar-refractivity contribution in [3.63, 3.8) is 0 Å². The van der Waals surface area contributed by atoms with Crippen LogP contribution in [0.15, 0.2) is 42.6 Å². The Labute approximate surface area is 112 Å². The SMILES string of the molecule is CN(C)c1ccnc(N)c1C(=O)Nc1ccccc1. The lowest BCUT2D eigenvalue weighted by atomic mass is 10.1. The molecule has 0 fully saturated rings. The van der Waals surface area contributed by atoms with E-state index in [1.165, 1.54) is 0 Å². The molecule has 5 nitrogen and oxygen atoms in total. The number of rotatable bonds is 3. The summed E-state index contributed by atoms with van der Waals surface area (Å²) in [6.45, 7) is 0. The van der Waals surface area contributed by atoms with E-state index in [9.17, 15) is 4.79 Å². The number of aromatic nitrogens is 1. The normalized spacial score (nSPS) is 10.0. The number of pyridine rings is 1. The van der Waals surface area contributed by atoms with Gasteiger partial charge in [-0.05, 0) is 18.2 Å². The zero-order chi connectivity index (χ0) is 13.8. The van der Waals surface area contributed by atoms with Crippen LogP contribution in [-0.2, 0) is 0 Å². The average molecular weight is 256 g/mol. The van der Waals surface area contributed by atoms with Gasteiger partial charge < -0.3 is 16.0 Å². The molecule has 1 aromatic heterocycles. The largest absolute Gasteiger partial charge is 0.383 e. The Bertz CT molecular complexity index is 581. The molecule has 98 valence electrons. The molecular weight excluding hydrogens is 240 g/mol. The molecule has 1 aromatic carbocycles. The predicted octanol–water partition coefficient (Wildman–Crippen LogP) is 1.98. The molecule has 0 saturated carbocycles. The van der Waals surface area contributed by atoms with E-state index in [4.69, 9.17) is 5.73 Å². The van der Waals surface area contributed by atoms with Crippen molar-refractivity contribution in [1.82, 2.24) is 4.98 Å². The summed E-state index contributed by atoms with van der Waals surface area (Å²) in [5.41, 5.74) is 7.66. The number of carbonyl (C=O) groups is 1. The highest BCUT2D eigenvalue weighted by Gasteiger charge is 2.17. The van der Waals surface area contributed by atoms with Gasteiger partial charge in [-0.1, -0.05) is 18.2 Å². The van der Waals surface area contributed by atoms with Crippen LogP contribution in [-0.4, -0.2) is 25.0 Å². The van der Waals surface area contributed by atoms with Gasteiger partial charge in [0.15, 0.2) is 0 Å². The van der Waals surface area contributed by atoms with Crippen LogP contribution in [0.25, 0.3) is 0 Å². The summed E-state index contributed by atoms with van der Waals surface area (Å²) in [7, 11) is 3.71. The molecule has 0 aliphatic heterocycles. The second-order valence-corrected chi connectivity index (χ2v) is 4.30. The van der Waals surface area contributed by atoms with Crippen LogP contribution in [0.2, 0.25) is 0 Å². The van der Waals surface area contributed by atoms with E-state index in [0.29, 0.717) is 5.56 Å². The first kappa shape index (κ1) is 12.9. The minimum absolute atomic E-state index is 0.222. The van der Waals surface area contributed by atoms with Crippen molar-refractivity contribution in [2.45, 2.75) is 0 Å². The number of anilines is 3. The maximum absolute atomic E-state index is 12.3. The van der Waals surface area contributed by atoms with E-state index < -0.39 is 0 Å². The van der Waals surface area contributed by atoms with Gasteiger partial charge in [-0.2, -0.15) is 0 Å². The molecule has 0 radical (unpaired) electrons. The van der Waals surface area contributed by atoms with Gasteiger partial charge in [-0.3, -0.25) is 4.79 Å². The molecule has 0 spiro atoms. The lowest BCUT2D eigenvalue weighted by Crippen LogP contribution is -2.20. The first-order valence-electron chi connectivity index (χ1n) is 5.88. The van der Waals surface area contributed by atoms with Gasteiger partial charge in [-0.15, -0.1) is 0 Å². The van der Waals surface area contributed by atoms with E-state index in [2.05, 4.69) is 10.3 Å². The molecule has 0 bridgehead atoms. The van der Waals surface area contributed by atoms with Crippen LogP contribution < -0.4 is 16.0 Å². The van der Waals surface area contributed by atoms with Crippen LogP contribution in [0, 0.1) is 0 Å². The molecule has 5 heteroatoms. The van der Waals surface area contributed by atoms with Crippen molar-refractivity contribution in [3.05, 3.63) is 48.2 Å². The molecule has 2 aromatic rings. The van der Waals surface area contributed by atoms with Gasteiger partial charge in [-0.25, -0.2) is 4.98 Å². The monoisotopic (exact) mass is 256 g/mol. The molecule has 2 rings (SSSR count). The van der Waals surface area contributed by atoms with Crippen molar-refractivity contribution >= 4 is 23.1 Å². The number of hydrogen-bond acceptors (Lipinski definition) is 4. The lowest BCUT2D eigenvalue weighted by molar-refractivity contribution is 0.102. The third kappa shape index (κ3) is 2.82. The van der Waals surface area contributed by atoms with Gasteiger partial charge in [0.05, 0.1) is 5.69 Å². The van der Waals surface area contributed by atoms with Crippen molar-refractivity contribution in [2.24, 2.45) is 0 Å². The van der Waals surface area contributed by atoms with Gasteiger partial charge in [0.1, 0.15) is 11.4 Å². The molecule has 0 aliphatic rings. The summed E-state index contributed by atoms with van der Waals surface area (Å²) in [6.07, 6.45) is 1.59. The van der Waals surface area contributed by atoms with Crippen LogP contribution in [0.4, 0.5) is 17.2 Å². The van der Waals surface area contributed by atoms with Crippen molar-refractivity contribution in [3.8, 4) is 0 Å². The summed E-state index contributed by atoms with van der Waals surface area (Å²) >= 11 is 0. The Morgan fingerprint density at radius 3 is 2.53 bits per heavy atom. The van der Waals surface area contributed by atoms with Gasteiger partial charge in [0.2, 0.25) is 0 Å². The van der Waals surface area contributed by atoms with E-state index in [1.807, 2.05) is 49.3 Å². The number of nitrogens with one attached hydrogen (secondary N) is 1. The molecule has 1 heterocycles. The third-order valence-corrected chi connectivity index (χ3v) is 2.70. The predicted molar refractivity (Wildman–Crippen MR) is 77.4 cm³/mol. The van der Waals surface area contributed by atoms with E-state index in [1.54, 1.807) is 12.3 Å². The topological polar surface area (TPSA) is 71.2 Å². The number of nitrogens with zero attached hydrogens (tertiary/aromatic N) is 2. The fraction of sp³-hybridized carbons (Fsp3) is 0.143.